The molecule has 2 N–H and O–H groups in total. The number of amides is 1. The third-order valence-corrected chi connectivity index (χ3v) is 11.1. The standard InChI is InChI=1S/C30H44ClF2N3O3/c1-36(2)24-14-25-22(27(29(34)37)28(38-25)15-3-6-19(32)7-4-15)13-21(24)16-9-17(11-20(33)10-16)30-35-23-8-5-18(31)12-26(23)39-30/h15-26H,3-14H2,1-2H3,(H2,34,37). The summed E-state index contributed by atoms with van der Waals surface area (Å²) in [5.41, 5.74) is 6.60. The van der Waals surface area contributed by atoms with Crippen molar-refractivity contribution in [1.82, 2.24) is 4.90 Å². The number of alkyl halides is 3. The van der Waals surface area contributed by atoms with E-state index >= 15 is 4.39 Å². The topological polar surface area (TPSA) is 77.2 Å². The third-order valence-electron chi connectivity index (χ3n) is 10.7. The first-order valence-corrected chi connectivity index (χ1v) is 15.6. The number of fused-ring (bicyclic) bond motifs is 2. The largest absolute Gasteiger partial charge is 0.493 e. The van der Waals surface area contributed by atoms with Crippen molar-refractivity contribution in [3.8, 4) is 0 Å². The van der Waals surface area contributed by atoms with Gasteiger partial charge in [-0.05, 0) is 90.1 Å². The van der Waals surface area contributed by atoms with Gasteiger partial charge in [0.1, 0.15) is 30.3 Å². The van der Waals surface area contributed by atoms with Crippen molar-refractivity contribution in [3.63, 3.8) is 0 Å². The SMILES string of the molecule is CN(C)C1CC2OC(C3CCC(F)CC3)=C(C(N)=O)C2CC1C1CC(F)CC(C2=NC3CCC(Cl)CC3O2)C1. The Morgan fingerprint density at radius 1 is 0.897 bits per heavy atom. The Hall–Kier alpha value is -1.41. The number of ether oxygens (including phenoxy) is 2. The molecule has 0 saturated heterocycles. The zero-order valence-corrected chi connectivity index (χ0v) is 24.0. The number of hydrogen-bond donors (Lipinski definition) is 1. The molecule has 0 bridgehead atoms. The Kier molecular flexibility index (Phi) is 7.90. The highest BCUT2D eigenvalue weighted by atomic mass is 35.5. The van der Waals surface area contributed by atoms with Crippen molar-refractivity contribution in [3.05, 3.63) is 11.3 Å². The van der Waals surface area contributed by atoms with Crippen molar-refractivity contribution < 1.29 is 23.0 Å². The number of nitrogens with zero attached hydrogens (tertiary/aromatic N) is 2. The Bertz CT molecular complexity index is 1000. The molecule has 2 heterocycles. The molecule has 10 atom stereocenters. The molecule has 4 saturated carbocycles. The van der Waals surface area contributed by atoms with Crippen LogP contribution in [0.25, 0.3) is 0 Å². The highest BCUT2D eigenvalue weighted by molar-refractivity contribution is 6.20. The summed E-state index contributed by atoms with van der Waals surface area (Å²) in [6.07, 6.45) is 6.69. The number of aliphatic imine (C=N–C) groups is 1. The van der Waals surface area contributed by atoms with Gasteiger partial charge in [0.15, 0.2) is 5.90 Å². The van der Waals surface area contributed by atoms with Gasteiger partial charge in [-0.25, -0.2) is 13.8 Å². The van der Waals surface area contributed by atoms with Crippen LogP contribution in [0.2, 0.25) is 0 Å². The van der Waals surface area contributed by atoms with Gasteiger partial charge in [0.2, 0.25) is 5.91 Å². The van der Waals surface area contributed by atoms with E-state index in [4.69, 9.17) is 31.8 Å². The molecule has 218 valence electrons. The van der Waals surface area contributed by atoms with Crippen molar-refractivity contribution in [2.75, 3.05) is 14.1 Å². The van der Waals surface area contributed by atoms with Crippen LogP contribution >= 0.6 is 11.6 Å². The van der Waals surface area contributed by atoms with Crippen molar-refractivity contribution in [1.29, 1.82) is 0 Å². The summed E-state index contributed by atoms with van der Waals surface area (Å²) in [4.78, 5) is 20.0. The van der Waals surface area contributed by atoms with Gasteiger partial charge in [-0.2, -0.15) is 0 Å². The second-order valence-electron chi connectivity index (χ2n) is 13.4. The summed E-state index contributed by atoms with van der Waals surface area (Å²) < 4.78 is 42.1. The molecule has 4 aliphatic carbocycles. The summed E-state index contributed by atoms with van der Waals surface area (Å²) in [6, 6.07) is 0.367. The number of primary amides is 1. The minimum absolute atomic E-state index is 0.0175. The maximum atomic E-state index is 15.4. The quantitative estimate of drug-likeness (QED) is 0.456. The van der Waals surface area contributed by atoms with E-state index in [1.165, 1.54) is 0 Å². The number of allylic oxidation sites excluding steroid dienone is 1. The number of carbonyl (C=O) groups excluding carboxylic acids is 1. The van der Waals surface area contributed by atoms with Crippen molar-refractivity contribution in [2.24, 2.45) is 40.3 Å². The molecule has 6 rings (SSSR count). The van der Waals surface area contributed by atoms with Gasteiger partial charge in [-0.1, -0.05) is 0 Å². The molecule has 0 aromatic heterocycles. The Balaban J connectivity index is 1.22. The lowest BCUT2D eigenvalue weighted by Crippen LogP contribution is -2.50. The molecule has 2 aliphatic heterocycles. The van der Waals surface area contributed by atoms with Gasteiger partial charge >= 0.3 is 0 Å². The number of rotatable bonds is 5. The molecule has 9 heteroatoms. The van der Waals surface area contributed by atoms with Crippen LogP contribution in [0.5, 0.6) is 0 Å². The molecule has 39 heavy (non-hydrogen) atoms. The van der Waals surface area contributed by atoms with Gasteiger partial charge < -0.3 is 20.1 Å². The highest BCUT2D eigenvalue weighted by Crippen LogP contribution is 2.52. The summed E-state index contributed by atoms with van der Waals surface area (Å²) in [6.45, 7) is 0. The van der Waals surface area contributed by atoms with E-state index in [0.29, 0.717) is 44.1 Å². The zero-order chi connectivity index (χ0) is 27.4. The number of hydrogen-bond acceptors (Lipinski definition) is 5. The van der Waals surface area contributed by atoms with E-state index in [1.54, 1.807) is 0 Å². The average molecular weight is 568 g/mol. The zero-order valence-electron chi connectivity index (χ0n) is 23.2. The minimum atomic E-state index is -0.901. The van der Waals surface area contributed by atoms with Crippen LogP contribution in [0.15, 0.2) is 16.3 Å². The fourth-order valence-corrected chi connectivity index (χ4v) is 9.09. The summed E-state index contributed by atoms with van der Waals surface area (Å²) in [7, 11) is 4.17. The fraction of sp³-hybridized carbons (Fsp3) is 0.867. The fourth-order valence-electron chi connectivity index (χ4n) is 8.79. The van der Waals surface area contributed by atoms with Gasteiger partial charge in [0.25, 0.3) is 0 Å². The maximum Gasteiger partial charge on any atom is 0.248 e. The predicted molar refractivity (Wildman–Crippen MR) is 147 cm³/mol. The summed E-state index contributed by atoms with van der Waals surface area (Å²) in [5.74, 6) is 1.37. The van der Waals surface area contributed by atoms with E-state index in [2.05, 4.69) is 19.0 Å². The van der Waals surface area contributed by atoms with E-state index < -0.39 is 18.3 Å². The molecular formula is C30H44ClF2N3O3. The summed E-state index contributed by atoms with van der Waals surface area (Å²) >= 11 is 6.40. The van der Waals surface area contributed by atoms with Crippen LogP contribution < -0.4 is 5.73 Å². The monoisotopic (exact) mass is 567 g/mol. The first-order valence-electron chi connectivity index (χ1n) is 15.2. The Labute approximate surface area is 236 Å². The highest BCUT2D eigenvalue weighted by Gasteiger charge is 2.52. The van der Waals surface area contributed by atoms with E-state index in [-0.39, 0.29) is 59.3 Å². The molecule has 4 fully saturated rings. The van der Waals surface area contributed by atoms with Crippen LogP contribution in [0.3, 0.4) is 0 Å². The van der Waals surface area contributed by atoms with Gasteiger partial charge in [0.05, 0.1) is 11.6 Å². The van der Waals surface area contributed by atoms with E-state index in [9.17, 15) is 9.18 Å². The smallest absolute Gasteiger partial charge is 0.248 e. The molecule has 10 unspecified atom stereocenters. The van der Waals surface area contributed by atoms with Gasteiger partial charge in [0, 0.05) is 42.0 Å². The van der Waals surface area contributed by atoms with Crippen LogP contribution in [0, 0.1) is 29.6 Å². The minimum Gasteiger partial charge on any atom is -0.493 e. The number of nitrogens with two attached hydrogens (primary N) is 1. The van der Waals surface area contributed by atoms with Gasteiger partial charge in [-0.15, -0.1) is 11.6 Å². The average Bonchev–Trinajstić information content (AvgIpc) is 3.49. The van der Waals surface area contributed by atoms with Crippen LogP contribution in [0.1, 0.15) is 77.0 Å². The molecule has 0 spiro atoms. The molecule has 0 radical (unpaired) electrons. The Morgan fingerprint density at radius 3 is 2.38 bits per heavy atom. The molecule has 1 amide bonds. The lowest BCUT2D eigenvalue weighted by atomic mass is 9.63. The van der Waals surface area contributed by atoms with E-state index in [0.717, 1.165) is 50.2 Å². The first kappa shape index (κ1) is 27.7. The Morgan fingerprint density at radius 2 is 1.67 bits per heavy atom. The van der Waals surface area contributed by atoms with Crippen molar-refractivity contribution in [2.45, 2.75) is 119 Å². The molecule has 0 aromatic rings. The number of carbonyl (C=O) groups is 1. The summed E-state index contributed by atoms with van der Waals surface area (Å²) in [5, 5.41) is 0.128. The van der Waals surface area contributed by atoms with E-state index in [1.807, 2.05) is 0 Å². The molecular weight excluding hydrogens is 524 g/mol. The number of halogens is 3. The van der Waals surface area contributed by atoms with Crippen molar-refractivity contribution >= 4 is 23.4 Å². The third kappa shape index (κ3) is 5.45. The molecule has 6 aliphatic rings. The van der Waals surface area contributed by atoms with Gasteiger partial charge in [-0.3, -0.25) is 4.79 Å². The molecule has 0 aromatic carbocycles. The molecule has 6 nitrogen and oxygen atoms in total. The second kappa shape index (κ2) is 11.1. The second-order valence-corrected chi connectivity index (χ2v) is 14.0. The first-order chi connectivity index (χ1) is 18.7. The van der Waals surface area contributed by atoms with Crippen LogP contribution in [0.4, 0.5) is 8.78 Å². The lowest BCUT2D eigenvalue weighted by molar-refractivity contribution is -0.115. The van der Waals surface area contributed by atoms with Crippen LogP contribution in [-0.4, -0.2) is 72.8 Å². The normalized spacial score (nSPS) is 46.3. The van der Waals surface area contributed by atoms with Crippen LogP contribution in [-0.2, 0) is 14.3 Å². The predicted octanol–water partition coefficient (Wildman–Crippen LogP) is 5.32. The maximum absolute atomic E-state index is 15.4. The lowest BCUT2D eigenvalue weighted by Gasteiger charge is -2.47.